The van der Waals surface area contributed by atoms with Crippen LogP contribution in [0, 0.1) is 20.8 Å². The van der Waals surface area contributed by atoms with Gasteiger partial charge in [0.2, 0.25) is 0 Å². The van der Waals surface area contributed by atoms with Crippen molar-refractivity contribution in [2.75, 3.05) is 26.3 Å². The quantitative estimate of drug-likeness (QED) is 0.871. The number of hydrogen-bond acceptors (Lipinski definition) is 5. The van der Waals surface area contributed by atoms with Crippen molar-refractivity contribution in [1.82, 2.24) is 5.32 Å². The van der Waals surface area contributed by atoms with Gasteiger partial charge in [0.05, 0.1) is 6.61 Å². The number of fused-ring (bicyclic) bond motifs is 1. The molecule has 126 valence electrons. The van der Waals surface area contributed by atoms with Crippen LogP contribution in [-0.2, 0) is 4.74 Å². The summed E-state index contributed by atoms with van der Waals surface area (Å²) in [5.41, 5.74) is 2.95. The van der Waals surface area contributed by atoms with E-state index in [1.165, 1.54) is 0 Å². The Morgan fingerprint density at radius 1 is 1.26 bits per heavy atom. The minimum atomic E-state index is -0.290. The van der Waals surface area contributed by atoms with Gasteiger partial charge in [-0.2, -0.15) is 0 Å². The molecule has 2 aromatic rings. The van der Waals surface area contributed by atoms with E-state index in [2.05, 4.69) is 5.32 Å². The first-order valence-corrected chi connectivity index (χ1v) is 7.56. The minimum absolute atomic E-state index is 0. The first-order chi connectivity index (χ1) is 10.6. The van der Waals surface area contributed by atoms with E-state index < -0.39 is 0 Å². The Morgan fingerprint density at radius 2 is 2.04 bits per heavy atom. The van der Waals surface area contributed by atoms with Crippen LogP contribution in [0.25, 0.3) is 11.0 Å². The fourth-order valence-corrected chi connectivity index (χ4v) is 2.80. The van der Waals surface area contributed by atoms with E-state index in [0.29, 0.717) is 30.1 Å². The second-order valence-electron chi connectivity index (χ2n) is 5.76. The summed E-state index contributed by atoms with van der Waals surface area (Å²) < 4.78 is 16.8. The van der Waals surface area contributed by atoms with Crippen LogP contribution in [0.15, 0.2) is 21.3 Å². The smallest absolute Gasteiger partial charge is 0.339 e. The number of morpholine rings is 1. The monoisotopic (exact) mass is 339 g/mol. The maximum absolute atomic E-state index is 11.8. The molecule has 0 spiro atoms. The van der Waals surface area contributed by atoms with Crippen LogP contribution in [0.2, 0.25) is 0 Å². The molecule has 1 saturated heterocycles. The largest absolute Gasteiger partial charge is 0.491 e. The van der Waals surface area contributed by atoms with Crippen LogP contribution in [0.4, 0.5) is 0 Å². The summed E-state index contributed by atoms with van der Waals surface area (Å²) in [6, 6.07) is 3.76. The van der Waals surface area contributed by atoms with Crippen molar-refractivity contribution < 1.29 is 13.9 Å². The maximum atomic E-state index is 11.8. The number of hydrogen-bond donors (Lipinski definition) is 1. The van der Waals surface area contributed by atoms with Gasteiger partial charge in [-0.15, -0.1) is 12.4 Å². The summed E-state index contributed by atoms with van der Waals surface area (Å²) in [5.74, 6) is 0.700. The highest BCUT2D eigenvalue weighted by molar-refractivity contribution is 5.86. The summed E-state index contributed by atoms with van der Waals surface area (Å²) in [4.78, 5) is 11.8. The Balaban J connectivity index is 0.00000192. The Labute approximate surface area is 141 Å². The van der Waals surface area contributed by atoms with Gasteiger partial charge in [-0.1, -0.05) is 0 Å². The predicted molar refractivity (Wildman–Crippen MR) is 92.0 cm³/mol. The van der Waals surface area contributed by atoms with E-state index in [-0.39, 0.29) is 24.1 Å². The lowest BCUT2D eigenvalue weighted by atomic mass is 10.0. The number of halogens is 1. The number of ether oxygens (including phenoxy) is 2. The number of rotatable bonds is 3. The average Bonchev–Trinajstić information content (AvgIpc) is 2.51. The molecule has 0 aliphatic carbocycles. The molecule has 5 nitrogen and oxygen atoms in total. The topological polar surface area (TPSA) is 60.7 Å². The van der Waals surface area contributed by atoms with E-state index in [0.717, 1.165) is 29.6 Å². The molecule has 0 amide bonds. The number of aryl methyl sites for hydroxylation is 2. The minimum Gasteiger partial charge on any atom is -0.491 e. The highest BCUT2D eigenvalue weighted by atomic mass is 35.5. The van der Waals surface area contributed by atoms with Crippen molar-refractivity contribution in [3.05, 3.63) is 39.2 Å². The normalized spacial score (nSPS) is 17.8. The van der Waals surface area contributed by atoms with Gasteiger partial charge < -0.3 is 19.2 Å². The second-order valence-corrected chi connectivity index (χ2v) is 5.76. The van der Waals surface area contributed by atoms with Crippen molar-refractivity contribution in [1.29, 1.82) is 0 Å². The Kier molecular flexibility index (Phi) is 5.68. The maximum Gasteiger partial charge on any atom is 0.339 e. The molecule has 2 heterocycles. The van der Waals surface area contributed by atoms with Crippen molar-refractivity contribution in [3.63, 3.8) is 0 Å². The lowest BCUT2D eigenvalue weighted by Crippen LogP contribution is -2.41. The van der Waals surface area contributed by atoms with Gasteiger partial charge in [0.25, 0.3) is 0 Å². The SMILES string of the molecule is Cc1c(C)c2c(C)cc(OCC3CNCCO3)cc2oc1=O.Cl. The highest BCUT2D eigenvalue weighted by Gasteiger charge is 2.15. The molecule has 1 aliphatic heterocycles. The second kappa shape index (κ2) is 7.34. The van der Waals surface area contributed by atoms with Crippen LogP contribution < -0.4 is 15.7 Å². The number of benzene rings is 1. The molecular formula is C17H22ClNO4. The van der Waals surface area contributed by atoms with Gasteiger partial charge in [0.15, 0.2) is 0 Å². The first kappa shape index (κ1) is 17.8. The summed E-state index contributed by atoms with van der Waals surface area (Å²) in [7, 11) is 0. The van der Waals surface area contributed by atoms with Crippen molar-refractivity contribution in [3.8, 4) is 5.75 Å². The van der Waals surface area contributed by atoms with Crippen molar-refractivity contribution in [2.45, 2.75) is 26.9 Å². The molecule has 1 aromatic carbocycles. The fourth-order valence-electron chi connectivity index (χ4n) is 2.80. The van der Waals surface area contributed by atoms with Crippen LogP contribution in [0.5, 0.6) is 5.75 Å². The van der Waals surface area contributed by atoms with E-state index >= 15 is 0 Å². The molecule has 0 bridgehead atoms. The van der Waals surface area contributed by atoms with Gasteiger partial charge in [-0.05, 0) is 38.0 Å². The molecule has 23 heavy (non-hydrogen) atoms. The summed E-state index contributed by atoms with van der Waals surface area (Å²) >= 11 is 0. The summed E-state index contributed by atoms with van der Waals surface area (Å²) in [6.07, 6.45) is 0.0523. The molecule has 1 aliphatic rings. The van der Waals surface area contributed by atoms with E-state index in [1.807, 2.05) is 19.9 Å². The molecule has 1 aromatic heterocycles. The molecule has 6 heteroatoms. The highest BCUT2D eigenvalue weighted by Crippen LogP contribution is 2.28. The molecule has 0 radical (unpaired) electrons. The first-order valence-electron chi connectivity index (χ1n) is 7.56. The van der Waals surface area contributed by atoms with Crippen molar-refractivity contribution >= 4 is 23.4 Å². The third-order valence-electron chi connectivity index (χ3n) is 4.16. The van der Waals surface area contributed by atoms with Gasteiger partial charge in [0, 0.05) is 30.1 Å². The van der Waals surface area contributed by atoms with Gasteiger partial charge in [0.1, 0.15) is 24.0 Å². The van der Waals surface area contributed by atoms with Crippen molar-refractivity contribution in [2.24, 2.45) is 0 Å². The van der Waals surface area contributed by atoms with E-state index in [1.54, 1.807) is 13.0 Å². The lowest BCUT2D eigenvalue weighted by molar-refractivity contribution is 0.000196. The van der Waals surface area contributed by atoms with Gasteiger partial charge in [-0.3, -0.25) is 0 Å². The Morgan fingerprint density at radius 3 is 2.74 bits per heavy atom. The third-order valence-corrected chi connectivity index (χ3v) is 4.16. The molecule has 3 rings (SSSR count). The predicted octanol–water partition coefficient (Wildman–Crippen LogP) is 2.51. The van der Waals surface area contributed by atoms with Crippen LogP contribution in [-0.4, -0.2) is 32.4 Å². The zero-order valence-corrected chi connectivity index (χ0v) is 14.4. The Hall–Kier alpha value is -1.56. The Bertz CT molecular complexity index is 750. The molecule has 1 unspecified atom stereocenters. The van der Waals surface area contributed by atoms with Gasteiger partial charge in [-0.25, -0.2) is 4.79 Å². The summed E-state index contributed by atoms with van der Waals surface area (Å²) in [5, 5.41) is 4.25. The van der Waals surface area contributed by atoms with Gasteiger partial charge >= 0.3 is 5.63 Å². The molecule has 1 atom stereocenters. The van der Waals surface area contributed by atoms with Crippen LogP contribution in [0.1, 0.15) is 16.7 Å². The zero-order chi connectivity index (χ0) is 15.7. The van der Waals surface area contributed by atoms with Crippen LogP contribution >= 0.6 is 12.4 Å². The zero-order valence-electron chi connectivity index (χ0n) is 13.6. The standard InChI is InChI=1S/C17H21NO4.ClH/c1-10-6-13(21-9-14-8-18-4-5-20-14)7-15-16(10)11(2)12(3)17(19)22-15;/h6-7,14,18H,4-5,8-9H2,1-3H3;1H. The third kappa shape index (κ3) is 3.68. The lowest BCUT2D eigenvalue weighted by Gasteiger charge is -2.23. The molecular weight excluding hydrogens is 318 g/mol. The number of nitrogens with one attached hydrogen (secondary N) is 1. The van der Waals surface area contributed by atoms with E-state index in [9.17, 15) is 4.79 Å². The summed E-state index contributed by atoms with van der Waals surface area (Å²) in [6.45, 7) is 8.60. The molecule has 0 saturated carbocycles. The molecule has 1 N–H and O–H groups in total. The fraction of sp³-hybridized carbons (Fsp3) is 0.471. The average molecular weight is 340 g/mol. The van der Waals surface area contributed by atoms with E-state index in [4.69, 9.17) is 13.9 Å². The molecule has 1 fully saturated rings. The van der Waals surface area contributed by atoms with Crippen LogP contribution in [0.3, 0.4) is 0 Å².